The highest BCUT2D eigenvalue weighted by atomic mass is 15.2. The molecule has 2 rings (SSSR count). The second-order valence-corrected chi connectivity index (χ2v) is 6.56. The van der Waals surface area contributed by atoms with Gasteiger partial charge < -0.3 is 5.73 Å². The first-order valence-corrected chi connectivity index (χ1v) is 8.17. The standard InChI is InChI=1S/C18H30N2/c1-5-15(6-2)20(12-13(3)4)17-11-14-9-7-8-10-16(14)18(17)19/h7-10,13,15,17-18H,5-6,11-12,19H2,1-4H3. The molecule has 112 valence electrons. The zero-order valence-electron chi connectivity index (χ0n) is 13.5. The molecule has 1 aliphatic rings. The molecule has 0 fully saturated rings. The van der Waals surface area contributed by atoms with Gasteiger partial charge in [0.05, 0.1) is 0 Å². The van der Waals surface area contributed by atoms with E-state index in [0.717, 1.165) is 13.0 Å². The summed E-state index contributed by atoms with van der Waals surface area (Å²) in [5.74, 6) is 0.687. The van der Waals surface area contributed by atoms with E-state index in [2.05, 4.69) is 56.9 Å². The van der Waals surface area contributed by atoms with Crippen molar-refractivity contribution in [3.63, 3.8) is 0 Å². The van der Waals surface area contributed by atoms with Crippen LogP contribution in [0.3, 0.4) is 0 Å². The third-order valence-electron chi connectivity index (χ3n) is 4.67. The number of fused-ring (bicyclic) bond motifs is 1. The summed E-state index contributed by atoms with van der Waals surface area (Å²) in [5, 5.41) is 0. The first kappa shape index (κ1) is 15.5. The average Bonchev–Trinajstić information content (AvgIpc) is 2.76. The Balaban J connectivity index is 2.23. The van der Waals surface area contributed by atoms with Gasteiger partial charge in [-0.2, -0.15) is 0 Å². The summed E-state index contributed by atoms with van der Waals surface area (Å²) in [7, 11) is 0. The highest BCUT2D eigenvalue weighted by Gasteiger charge is 2.36. The minimum atomic E-state index is 0.172. The smallest absolute Gasteiger partial charge is 0.0459 e. The van der Waals surface area contributed by atoms with Crippen LogP contribution >= 0.6 is 0 Å². The molecular formula is C18H30N2. The lowest BCUT2D eigenvalue weighted by molar-refractivity contribution is 0.0990. The van der Waals surface area contributed by atoms with Crippen molar-refractivity contribution in [3.8, 4) is 0 Å². The fraction of sp³-hybridized carbons (Fsp3) is 0.667. The lowest BCUT2D eigenvalue weighted by Crippen LogP contribution is -2.48. The van der Waals surface area contributed by atoms with Gasteiger partial charge in [0.15, 0.2) is 0 Å². The van der Waals surface area contributed by atoms with Crippen LogP contribution in [0.5, 0.6) is 0 Å². The molecule has 2 unspecified atom stereocenters. The molecule has 0 heterocycles. The summed E-state index contributed by atoms with van der Waals surface area (Å²) >= 11 is 0. The molecule has 2 N–H and O–H groups in total. The molecular weight excluding hydrogens is 244 g/mol. The maximum atomic E-state index is 6.57. The Labute approximate surface area is 124 Å². The lowest BCUT2D eigenvalue weighted by atomic mass is 10.0. The molecule has 0 amide bonds. The largest absolute Gasteiger partial charge is 0.323 e. The number of benzene rings is 1. The van der Waals surface area contributed by atoms with Crippen LogP contribution in [0.1, 0.15) is 57.7 Å². The molecule has 0 aliphatic heterocycles. The van der Waals surface area contributed by atoms with E-state index >= 15 is 0 Å². The molecule has 0 spiro atoms. The molecule has 0 radical (unpaired) electrons. The summed E-state index contributed by atoms with van der Waals surface area (Å²) in [6.07, 6.45) is 3.53. The quantitative estimate of drug-likeness (QED) is 0.856. The Hall–Kier alpha value is -0.860. The second-order valence-electron chi connectivity index (χ2n) is 6.56. The van der Waals surface area contributed by atoms with Gasteiger partial charge in [-0.05, 0) is 36.3 Å². The second kappa shape index (κ2) is 6.73. The SMILES string of the molecule is CCC(CC)N(CC(C)C)C1Cc2ccccc2C1N. The number of rotatable bonds is 6. The Morgan fingerprint density at radius 2 is 1.85 bits per heavy atom. The van der Waals surface area contributed by atoms with Crippen LogP contribution in [-0.2, 0) is 6.42 Å². The number of nitrogens with zero attached hydrogens (tertiary/aromatic N) is 1. The van der Waals surface area contributed by atoms with E-state index in [1.807, 2.05) is 0 Å². The van der Waals surface area contributed by atoms with Crippen LogP contribution in [-0.4, -0.2) is 23.5 Å². The van der Waals surface area contributed by atoms with Gasteiger partial charge in [-0.25, -0.2) is 0 Å². The summed E-state index contributed by atoms with van der Waals surface area (Å²) in [6.45, 7) is 10.4. The monoisotopic (exact) mass is 274 g/mol. The van der Waals surface area contributed by atoms with Gasteiger partial charge in [-0.3, -0.25) is 4.90 Å². The van der Waals surface area contributed by atoms with Crippen LogP contribution in [0.15, 0.2) is 24.3 Å². The fourth-order valence-corrected chi connectivity index (χ4v) is 3.66. The third-order valence-corrected chi connectivity index (χ3v) is 4.67. The normalized spacial score (nSPS) is 22.0. The minimum Gasteiger partial charge on any atom is -0.323 e. The molecule has 1 aromatic carbocycles. The van der Waals surface area contributed by atoms with Crippen LogP contribution in [0, 0.1) is 5.92 Å². The van der Waals surface area contributed by atoms with E-state index in [-0.39, 0.29) is 6.04 Å². The van der Waals surface area contributed by atoms with Crippen molar-refractivity contribution in [3.05, 3.63) is 35.4 Å². The first-order valence-electron chi connectivity index (χ1n) is 8.17. The summed E-state index contributed by atoms with van der Waals surface area (Å²) in [6, 6.07) is 10.0. The van der Waals surface area contributed by atoms with Gasteiger partial charge in [0.1, 0.15) is 0 Å². The predicted molar refractivity (Wildman–Crippen MR) is 86.8 cm³/mol. The number of hydrogen-bond donors (Lipinski definition) is 1. The molecule has 20 heavy (non-hydrogen) atoms. The van der Waals surface area contributed by atoms with E-state index in [9.17, 15) is 0 Å². The van der Waals surface area contributed by atoms with E-state index < -0.39 is 0 Å². The van der Waals surface area contributed by atoms with E-state index in [0.29, 0.717) is 18.0 Å². The molecule has 0 bridgehead atoms. The number of nitrogens with two attached hydrogens (primary N) is 1. The Kier molecular flexibility index (Phi) is 5.22. The van der Waals surface area contributed by atoms with E-state index in [1.54, 1.807) is 0 Å². The topological polar surface area (TPSA) is 29.3 Å². The molecule has 0 aromatic heterocycles. The molecule has 2 atom stereocenters. The van der Waals surface area contributed by atoms with Gasteiger partial charge >= 0.3 is 0 Å². The highest BCUT2D eigenvalue weighted by molar-refractivity contribution is 5.37. The van der Waals surface area contributed by atoms with Crippen molar-refractivity contribution in [1.29, 1.82) is 0 Å². The molecule has 0 saturated heterocycles. The fourth-order valence-electron chi connectivity index (χ4n) is 3.66. The maximum Gasteiger partial charge on any atom is 0.0459 e. The zero-order valence-corrected chi connectivity index (χ0v) is 13.5. The van der Waals surface area contributed by atoms with Crippen molar-refractivity contribution in [2.45, 2.75) is 65.1 Å². The van der Waals surface area contributed by atoms with Crippen LogP contribution in [0.2, 0.25) is 0 Å². The Bertz CT molecular complexity index is 423. The van der Waals surface area contributed by atoms with Gasteiger partial charge in [0.25, 0.3) is 0 Å². The lowest BCUT2D eigenvalue weighted by Gasteiger charge is -2.39. The Morgan fingerprint density at radius 3 is 2.40 bits per heavy atom. The third kappa shape index (κ3) is 3.07. The molecule has 2 heteroatoms. The van der Waals surface area contributed by atoms with E-state index in [1.165, 1.54) is 24.0 Å². The van der Waals surface area contributed by atoms with Crippen LogP contribution in [0.4, 0.5) is 0 Å². The predicted octanol–water partition coefficient (Wildman–Crippen LogP) is 3.76. The minimum absolute atomic E-state index is 0.172. The summed E-state index contributed by atoms with van der Waals surface area (Å²) < 4.78 is 0. The first-order chi connectivity index (χ1) is 9.58. The molecule has 2 nitrogen and oxygen atoms in total. The van der Waals surface area contributed by atoms with Crippen molar-refractivity contribution in [2.24, 2.45) is 11.7 Å². The van der Waals surface area contributed by atoms with Gasteiger partial charge in [-0.15, -0.1) is 0 Å². The van der Waals surface area contributed by atoms with Gasteiger partial charge in [0, 0.05) is 24.7 Å². The molecule has 0 saturated carbocycles. The van der Waals surface area contributed by atoms with E-state index in [4.69, 9.17) is 5.73 Å². The summed E-state index contributed by atoms with van der Waals surface area (Å²) in [5.41, 5.74) is 9.38. The van der Waals surface area contributed by atoms with Crippen molar-refractivity contribution in [1.82, 2.24) is 4.90 Å². The summed E-state index contributed by atoms with van der Waals surface area (Å²) in [4.78, 5) is 2.69. The van der Waals surface area contributed by atoms with Gasteiger partial charge in [-0.1, -0.05) is 52.0 Å². The Morgan fingerprint density at radius 1 is 1.20 bits per heavy atom. The molecule has 1 aromatic rings. The highest BCUT2D eigenvalue weighted by Crippen LogP contribution is 2.34. The van der Waals surface area contributed by atoms with Crippen LogP contribution in [0.25, 0.3) is 0 Å². The maximum absolute atomic E-state index is 6.57. The van der Waals surface area contributed by atoms with Crippen molar-refractivity contribution in [2.75, 3.05) is 6.54 Å². The number of hydrogen-bond acceptors (Lipinski definition) is 2. The zero-order chi connectivity index (χ0) is 14.7. The van der Waals surface area contributed by atoms with Crippen LogP contribution < -0.4 is 5.73 Å². The van der Waals surface area contributed by atoms with Crippen molar-refractivity contribution < 1.29 is 0 Å². The average molecular weight is 274 g/mol. The van der Waals surface area contributed by atoms with Crippen molar-refractivity contribution >= 4 is 0 Å². The molecule has 1 aliphatic carbocycles. The van der Waals surface area contributed by atoms with Gasteiger partial charge in [0.2, 0.25) is 0 Å².